The molecule has 1 aliphatic heterocycles. The molecule has 1 aromatic rings. The van der Waals surface area contributed by atoms with Gasteiger partial charge in [-0.3, -0.25) is 4.79 Å². The van der Waals surface area contributed by atoms with Crippen molar-refractivity contribution >= 4 is 29.1 Å². The fraction of sp³-hybridized carbons (Fsp3) is 0.500. The molecule has 0 saturated carbocycles. The molecule has 0 aromatic heterocycles. The van der Waals surface area contributed by atoms with Gasteiger partial charge in [-0.05, 0) is 49.3 Å². The Morgan fingerprint density at radius 1 is 1.21 bits per heavy atom. The van der Waals surface area contributed by atoms with Crippen molar-refractivity contribution in [2.45, 2.75) is 25.7 Å². The lowest BCUT2D eigenvalue weighted by atomic mass is 9.88. The quantitative estimate of drug-likeness (QED) is 0.651. The van der Waals surface area contributed by atoms with Gasteiger partial charge < -0.3 is 14.8 Å². The first-order valence-corrected chi connectivity index (χ1v) is 8.48. The van der Waals surface area contributed by atoms with E-state index in [4.69, 9.17) is 21.7 Å². The molecule has 0 radical (unpaired) electrons. The maximum atomic E-state index is 11.9. The summed E-state index contributed by atoms with van der Waals surface area (Å²) in [5.74, 6) is -0.533. The number of hydrogen-bond donors (Lipinski definition) is 1. The van der Waals surface area contributed by atoms with Crippen LogP contribution in [0, 0.1) is 11.8 Å². The molecule has 1 heterocycles. The molecule has 5 nitrogen and oxygen atoms in total. The van der Waals surface area contributed by atoms with Crippen molar-refractivity contribution in [1.82, 2.24) is 5.32 Å². The van der Waals surface area contributed by atoms with Crippen molar-refractivity contribution < 1.29 is 19.1 Å². The second-order valence-corrected chi connectivity index (χ2v) is 6.42. The molecular weight excluding hydrogens is 326 g/mol. The van der Waals surface area contributed by atoms with Crippen LogP contribution in [0.15, 0.2) is 24.3 Å². The van der Waals surface area contributed by atoms with Crippen molar-refractivity contribution in [3.63, 3.8) is 0 Å². The molecule has 24 heavy (non-hydrogen) atoms. The van der Waals surface area contributed by atoms with Crippen LogP contribution in [0.2, 0.25) is 0 Å². The number of methoxy groups -OCH3 is 2. The second kappa shape index (κ2) is 8.78. The summed E-state index contributed by atoms with van der Waals surface area (Å²) in [5, 5.41) is 3.14. The third-order valence-electron chi connectivity index (χ3n) is 4.44. The molecule has 1 saturated heterocycles. The Bertz CT molecular complexity index is 600. The Balaban J connectivity index is 1.94. The van der Waals surface area contributed by atoms with Crippen LogP contribution in [0.5, 0.6) is 0 Å². The summed E-state index contributed by atoms with van der Waals surface area (Å²) in [6.45, 7) is 0.790. The first-order chi connectivity index (χ1) is 11.5. The summed E-state index contributed by atoms with van der Waals surface area (Å²) < 4.78 is 9.56. The maximum Gasteiger partial charge on any atom is 0.337 e. The molecule has 1 fully saturated rings. The van der Waals surface area contributed by atoms with E-state index in [2.05, 4.69) is 5.32 Å². The Morgan fingerprint density at radius 2 is 1.92 bits per heavy atom. The van der Waals surface area contributed by atoms with Crippen LogP contribution in [-0.4, -0.2) is 37.7 Å². The van der Waals surface area contributed by atoms with Gasteiger partial charge in [0, 0.05) is 6.54 Å². The van der Waals surface area contributed by atoms with Crippen molar-refractivity contribution in [2.24, 2.45) is 11.8 Å². The molecule has 2 rings (SSSR count). The second-order valence-electron chi connectivity index (χ2n) is 5.98. The van der Waals surface area contributed by atoms with Gasteiger partial charge in [-0.1, -0.05) is 24.4 Å². The first-order valence-electron chi connectivity index (χ1n) is 8.08. The minimum absolute atomic E-state index is 0.262. The lowest BCUT2D eigenvalue weighted by molar-refractivity contribution is -0.143. The monoisotopic (exact) mass is 349 g/mol. The lowest BCUT2D eigenvalue weighted by Gasteiger charge is -2.18. The fourth-order valence-electron chi connectivity index (χ4n) is 2.98. The molecule has 6 heteroatoms. The van der Waals surface area contributed by atoms with Crippen molar-refractivity contribution in [3.8, 4) is 0 Å². The van der Waals surface area contributed by atoms with Gasteiger partial charge in [0.2, 0.25) is 0 Å². The highest BCUT2D eigenvalue weighted by Crippen LogP contribution is 2.25. The predicted molar refractivity (Wildman–Crippen MR) is 94.9 cm³/mol. The predicted octanol–water partition coefficient (Wildman–Crippen LogP) is 2.52. The summed E-state index contributed by atoms with van der Waals surface area (Å²) in [7, 11) is 2.77. The average Bonchev–Trinajstić information content (AvgIpc) is 2.80. The van der Waals surface area contributed by atoms with Gasteiger partial charge >= 0.3 is 11.9 Å². The van der Waals surface area contributed by atoms with Gasteiger partial charge in [0.1, 0.15) is 5.92 Å². The van der Waals surface area contributed by atoms with E-state index in [0.29, 0.717) is 16.5 Å². The highest BCUT2D eigenvalue weighted by molar-refractivity contribution is 7.80. The Labute approximate surface area is 147 Å². The average molecular weight is 349 g/mol. The molecular formula is C18H23NO4S. The highest BCUT2D eigenvalue weighted by Gasteiger charge is 2.30. The minimum Gasteiger partial charge on any atom is -0.468 e. The van der Waals surface area contributed by atoms with E-state index in [1.807, 2.05) is 12.1 Å². The number of thiocarbonyl (C=S) groups is 1. The van der Waals surface area contributed by atoms with Crippen molar-refractivity contribution in [2.75, 3.05) is 20.8 Å². The van der Waals surface area contributed by atoms with Gasteiger partial charge in [-0.25, -0.2) is 4.79 Å². The van der Waals surface area contributed by atoms with Crippen LogP contribution in [0.4, 0.5) is 0 Å². The van der Waals surface area contributed by atoms with E-state index < -0.39 is 0 Å². The van der Waals surface area contributed by atoms with Gasteiger partial charge in [-0.2, -0.15) is 0 Å². The Morgan fingerprint density at radius 3 is 2.54 bits per heavy atom. The molecule has 0 aliphatic carbocycles. The van der Waals surface area contributed by atoms with Crippen molar-refractivity contribution in [3.05, 3.63) is 35.4 Å². The van der Waals surface area contributed by atoms with E-state index in [-0.39, 0.29) is 17.9 Å². The Hall–Kier alpha value is -1.95. The molecule has 2 atom stereocenters. The van der Waals surface area contributed by atoms with Crippen LogP contribution in [0.3, 0.4) is 0 Å². The number of benzene rings is 1. The number of esters is 2. The summed E-state index contributed by atoms with van der Waals surface area (Å²) in [5.41, 5.74) is 1.72. The van der Waals surface area contributed by atoms with Crippen LogP contribution < -0.4 is 5.32 Å². The van der Waals surface area contributed by atoms with Crippen molar-refractivity contribution in [1.29, 1.82) is 0 Å². The molecule has 2 unspecified atom stereocenters. The topological polar surface area (TPSA) is 64.6 Å². The first kappa shape index (κ1) is 18.4. The molecule has 0 spiro atoms. The number of nitrogens with one attached hydrogen (secondary N) is 1. The normalized spacial score (nSPS) is 20.7. The number of carbonyl (C=O) groups is 2. The molecule has 0 amide bonds. The van der Waals surface area contributed by atoms with Gasteiger partial charge in [0.25, 0.3) is 0 Å². The summed E-state index contributed by atoms with van der Waals surface area (Å²) in [6, 6.07) is 7.46. The number of ether oxygens (including phenoxy) is 2. The van der Waals surface area contributed by atoms with E-state index in [0.717, 1.165) is 37.8 Å². The number of rotatable bonds is 5. The lowest BCUT2D eigenvalue weighted by Crippen LogP contribution is -2.32. The van der Waals surface area contributed by atoms with E-state index >= 15 is 0 Å². The Kier molecular flexibility index (Phi) is 6.73. The maximum absolute atomic E-state index is 11.9. The smallest absolute Gasteiger partial charge is 0.337 e. The highest BCUT2D eigenvalue weighted by atomic mass is 32.1. The van der Waals surface area contributed by atoms with E-state index in [9.17, 15) is 9.59 Å². The summed E-state index contributed by atoms with van der Waals surface area (Å²) in [6.07, 6.45) is 3.56. The standard InChI is InChI=1S/C18H23NO4S/c1-22-17(20)14-7-5-12(6-8-14)3-4-13-9-10-19-16(24)15(11-13)18(21)23-2/h5-8,13,15H,3-4,9-11H2,1-2H3,(H,19,24). The molecule has 130 valence electrons. The van der Waals surface area contributed by atoms with E-state index in [1.54, 1.807) is 12.1 Å². The zero-order valence-corrected chi connectivity index (χ0v) is 14.9. The zero-order chi connectivity index (χ0) is 17.5. The third kappa shape index (κ3) is 4.77. The van der Waals surface area contributed by atoms with E-state index in [1.165, 1.54) is 14.2 Å². The number of hydrogen-bond acceptors (Lipinski definition) is 5. The molecule has 1 aliphatic rings. The zero-order valence-electron chi connectivity index (χ0n) is 14.0. The summed E-state index contributed by atoms with van der Waals surface area (Å²) >= 11 is 5.28. The fourth-order valence-corrected chi connectivity index (χ4v) is 3.28. The van der Waals surface area contributed by atoms with Crippen LogP contribution in [-0.2, 0) is 20.7 Å². The SMILES string of the molecule is COC(=O)c1ccc(CCC2CCNC(=S)C(C(=O)OC)C2)cc1. The minimum atomic E-state index is -0.348. The van der Waals surface area contributed by atoms with Gasteiger partial charge in [0.05, 0.1) is 24.8 Å². The third-order valence-corrected chi connectivity index (χ3v) is 4.87. The van der Waals surface area contributed by atoms with Gasteiger partial charge in [-0.15, -0.1) is 0 Å². The number of carbonyl (C=O) groups excluding carboxylic acids is 2. The molecule has 1 aromatic carbocycles. The van der Waals surface area contributed by atoms with Crippen LogP contribution in [0.1, 0.15) is 35.2 Å². The van der Waals surface area contributed by atoms with Gasteiger partial charge in [0.15, 0.2) is 0 Å². The van der Waals surface area contributed by atoms with Crippen LogP contribution in [0.25, 0.3) is 0 Å². The molecule has 1 N–H and O–H groups in total. The largest absolute Gasteiger partial charge is 0.468 e. The van der Waals surface area contributed by atoms with Crippen LogP contribution >= 0.6 is 12.2 Å². The molecule has 0 bridgehead atoms. The number of aryl methyl sites for hydroxylation is 1. The summed E-state index contributed by atoms with van der Waals surface area (Å²) in [4.78, 5) is 23.9.